The summed E-state index contributed by atoms with van der Waals surface area (Å²) in [6.07, 6.45) is 0.820. The highest BCUT2D eigenvalue weighted by Crippen LogP contribution is 2.28. The standard InChI is InChI=1S/C13H16O4/c1-4-9(2)8-17-12-7-10(13(14)15)5-6-11(12)16-3/h5-7H,2,4,8H2,1,3H3,(H,14,15). The summed E-state index contributed by atoms with van der Waals surface area (Å²) in [4.78, 5) is 10.8. The number of benzene rings is 1. The molecule has 0 aliphatic carbocycles. The number of hydrogen-bond acceptors (Lipinski definition) is 3. The van der Waals surface area contributed by atoms with Crippen molar-refractivity contribution in [1.29, 1.82) is 0 Å². The van der Waals surface area contributed by atoms with Gasteiger partial charge in [0.05, 0.1) is 12.7 Å². The maximum atomic E-state index is 10.8. The monoisotopic (exact) mass is 236 g/mol. The van der Waals surface area contributed by atoms with Gasteiger partial charge in [0.2, 0.25) is 0 Å². The van der Waals surface area contributed by atoms with E-state index in [0.29, 0.717) is 18.1 Å². The molecule has 0 heterocycles. The van der Waals surface area contributed by atoms with Gasteiger partial charge in [-0.25, -0.2) is 4.79 Å². The Bertz CT molecular complexity index is 423. The zero-order valence-electron chi connectivity index (χ0n) is 10.0. The summed E-state index contributed by atoms with van der Waals surface area (Å²) in [6, 6.07) is 4.50. The Hall–Kier alpha value is -1.97. The van der Waals surface area contributed by atoms with Crippen molar-refractivity contribution in [2.75, 3.05) is 13.7 Å². The highest BCUT2D eigenvalue weighted by atomic mass is 16.5. The Morgan fingerprint density at radius 1 is 1.41 bits per heavy atom. The van der Waals surface area contributed by atoms with Gasteiger partial charge < -0.3 is 14.6 Å². The Balaban J connectivity index is 2.90. The predicted octanol–water partition coefficient (Wildman–Crippen LogP) is 2.74. The van der Waals surface area contributed by atoms with Crippen molar-refractivity contribution >= 4 is 5.97 Å². The van der Waals surface area contributed by atoms with Crippen molar-refractivity contribution in [2.45, 2.75) is 13.3 Å². The van der Waals surface area contributed by atoms with Gasteiger partial charge in [-0.3, -0.25) is 0 Å². The van der Waals surface area contributed by atoms with E-state index in [2.05, 4.69) is 6.58 Å². The number of ether oxygens (including phenoxy) is 2. The van der Waals surface area contributed by atoms with E-state index in [-0.39, 0.29) is 5.56 Å². The molecule has 0 atom stereocenters. The van der Waals surface area contributed by atoms with E-state index in [0.717, 1.165) is 12.0 Å². The molecule has 0 fully saturated rings. The summed E-state index contributed by atoms with van der Waals surface area (Å²) < 4.78 is 10.6. The van der Waals surface area contributed by atoms with Crippen molar-refractivity contribution in [3.8, 4) is 11.5 Å². The molecule has 0 bridgehead atoms. The van der Waals surface area contributed by atoms with E-state index < -0.39 is 5.97 Å². The van der Waals surface area contributed by atoms with Crippen LogP contribution in [0, 0.1) is 0 Å². The van der Waals surface area contributed by atoms with Gasteiger partial charge in [-0.15, -0.1) is 0 Å². The second-order valence-corrected chi connectivity index (χ2v) is 3.56. The van der Waals surface area contributed by atoms with Crippen molar-refractivity contribution in [3.63, 3.8) is 0 Å². The lowest BCUT2D eigenvalue weighted by Gasteiger charge is -2.11. The van der Waals surface area contributed by atoms with E-state index in [4.69, 9.17) is 14.6 Å². The maximum Gasteiger partial charge on any atom is 0.335 e. The van der Waals surface area contributed by atoms with Gasteiger partial charge in [0, 0.05) is 0 Å². The van der Waals surface area contributed by atoms with Gasteiger partial charge in [0.1, 0.15) is 6.61 Å². The number of methoxy groups -OCH3 is 1. The number of rotatable bonds is 6. The molecule has 0 radical (unpaired) electrons. The van der Waals surface area contributed by atoms with E-state index in [1.807, 2.05) is 6.92 Å². The number of carboxylic acids is 1. The first-order chi connectivity index (χ1) is 8.08. The van der Waals surface area contributed by atoms with Crippen LogP contribution in [0.25, 0.3) is 0 Å². The quantitative estimate of drug-likeness (QED) is 0.771. The van der Waals surface area contributed by atoms with E-state index >= 15 is 0 Å². The largest absolute Gasteiger partial charge is 0.493 e. The van der Waals surface area contributed by atoms with Crippen LogP contribution in [0.3, 0.4) is 0 Å². The highest BCUT2D eigenvalue weighted by molar-refractivity contribution is 5.88. The van der Waals surface area contributed by atoms with Crippen LogP contribution in [0.4, 0.5) is 0 Å². The summed E-state index contributed by atoms with van der Waals surface area (Å²) in [6.45, 7) is 6.16. The molecule has 0 aliphatic heterocycles. The molecule has 1 rings (SSSR count). The molecule has 0 unspecified atom stereocenters. The minimum Gasteiger partial charge on any atom is -0.493 e. The minimum absolute atomic E-state index is 0.169. The van der Waals surface area contributed by atoms with Crippen LogP contribution < -0.4 is 9.47 Å². The highest BCUT2D eigenvalue weighted by Gasteiger charge is 2.10. The third-order valence-corrected chi connectivity index (χ3v) is 2.34. The lowest BCUT2D eigenvalue weighted by Crippen LogP contribution is -2.03. The number of hydrogen-bond donors (Lipinski definition) is 1. The van der Waals surface area contributed by atoms with Gasteiger partial charge in [0.15, 0.2) is 11.5 Å². The molecule has 0 saturated carbocycles. The lowest BCUT2D eigenvalue weighted by molar-refractivity contribution is 0.0696. The fraction of sp³-hybridized carbons (Fsp3) is 0.308. The number of aromatic carboxylic acids is 1. The molecule has 0 spiro atoms. The van der Waals surface area contributed by atoms with Crippen LogP contribution in [0.5, 0.6) is 11.5 Å². The maximum absolute atomic E-state index is 10.8. The van der Waals surface area contributed by atoms with Crippen LogP contribution in [0.1, 0.15) is 23.7 Å². The van der Waals surface area contributed by atoms with Crippen LogP contribution >= 0.6 is 0 Å². The van der Waals surface area contributed by atoms with E-state index in [1.54, 1.807) is 6.07 Å². The van der Waals surface area contributed by atoms with Crippen molar-refractivity contribution < 1.29 is 19.4 Å². The molecular weight excluding hydrogens is 220 g/mol. The predicted molar refractivity (Wildman–Crippen MR) is 64.9 cm³/mol. The second-order valence-electron chi connectivity index (χ2n) is 3.56. The molecular formula is C13H16O4. The minimum atomic E-state index is -0.994. The average molecular weight is 236 g/mol. The number of carbonyl (C=O) groups is 1. The molecule has 1 N–H and O–H groups in total. The molecule has 0 saturated heterocycles. The fourth-order valence-electron chi connectivity index (χ4n) is 1.20. The Morgan fingerprint density at radius 3 is 2.65 bits per heavy atom. The molecule has 92 valence electrons. The second kappa shape index (κ2) is 5.94. The van der Waals surface area contributed by atoms with Crippen molar-refractivity contribution in [3.05, 3.63) is 35.9 Å². The first kappa shape index (κ1) is 13.1. The normalized spacial score (nSPS) is 9.76. The molecule has 0 aromatic heterocycles. The van der Waals surface area contributed by atoms with Crippen molar-refractivity contribution in [2.24, 2.45) is 0 Å². The van der Waals surface area contributed by atoms with E-state index in [1.165, 1.54) is 19.2 Å². The molecule has 1 aromatic rings. The van der Waals surface area contributed by atoms with Crippen LogP contribution in [-0.4, -0.2) is 24.8 Å². The topological polar surface area (TPSA) is 55.8 Å². The third kappa shape index (κ3) is 3.52. The van der Waals surface area contributed by atoms with Crippen LogP contribution in [0.2, 0.25) is 0 Å². The Labute approximate surface area is 100 Å². The molecule has 4 nitrogen and oxygen atoms in total. The SMILES string of the molecule is C=C(CC)COc1cc(C(=O)O)ccc1OC. The molecule has 0 aliphatic rings. The van der Waals surface area contributed by atoms with E-state index in [9.17, 15) is 4.79 Å². The first-order valence-electron chi connectivity index (χ1n) is 5.29. The molecule has 17 heavy (non-hydrogen) atoms. The van der Waals surface area contributed by atoms with Gasteiger partial charge in [-0.05, 0) is 30.2 Å². The van der Waals surface area contributed by atoms with Gasteiger partial charge in [-0.1, -0.05) is 13.5 Å². The van der Waals surface area contributed by atoms with Crippen LogP contribution in [0.15, 0.2) is 30.4 Å². The zero-order valence-corrected chi connectivity index (χ0v) is 10.0. The number of carboxylic acid groups (broad SMARTS) is 1. The summed E-state index contributed by atoms with van der Waals surface area (Å²) in [5.74, 6) is -0.0623. The summed E-state index contributed by atoms with van der Waals surface area (Å²) >= 11 is 0. The van der Waals surface area contributed by atoms with Gasteiger partial charge in [0.25, 0.3) is 0 Å². The first-order valence-corrected chi connectivity index (χ1v) is 5.29. The van der Waals surface area contributed by atoms with Gasteiger partial charge >= 0.3 is 5.97 Å². The molecule has 4 heteroatoms. The average Bonchev–Trinajstić information content (AvgIpc) is 2.35. The summed E-state index contributed by atoms with van der Waals surface area (Å²) in [5.41, 5.74) is 1.11. The lowest BCUT2D eigenvalue weighted by atomic mass is 10.2. The Kier molecular flexibility index (Phi) is 4.57. The third-order valence-electron chi connectivity index (χ3n) is 2.34. The smallest absolute Gasteiger partial charge is 0.335 e. The summed E-state index contributed by atoms with van der Waals surface area (Å²) in [7, 11) is 1.51. The molecule has 1 aromatic carbocycles. The van der Waals surface area contributed by atoms with Crippen molar-refractivity contribution in [1.82, 2.24) is 0 Å². The fourth-order valence-corrected chi connectivity index (χ4v) is 1.20. The van der Waals surface area contributed by atoms with Gasteiger partial charge in [-0.2, -0.15) is 0 Å². The molecule has 0 amide bonds. The summed E-state index contributed by atoms with van der Waals surface area (Å²) in [5, 5.41) is 8.88. The Morgan fingerprint density at radius 2 is 2.12 bits per heavy atom. The van der Waals surface area contributed by atoms with Crippen LogP contribution in [-0.2, 0) is 0 Å². The zero-order chi connectivity index (χ0) is 12.8.